The normalized spacial score (nSPS) is 13.9. The van der Waals surface area contributed by atoms with E-state index in [9.17, 15) is 13.2 Å². The van der Waals surface area contributed by atoms with E-state index in [1.807, 2.05) is 0 Å². The van der Waals surface area contributed by atoms with Crippen molar-refractivity contribution >= 4 is 27.3 Å². The second kappa shape index (κ2) is 4.67. The third-order valence-corrected chi connectivity index (χ3v) is 3.09. The summed E-state index contributed by atoms with van der Waals surface area (Å²) in [4.78, 5) is 11.0. The molecule has 0 fully saturated rings. The van der Waals surface area contributed by atoms with Gasteiger partial charge < -0.3 is 5.32 Å². The lowest BCUT2D eigenvalue weighted by atomic mass is 10.4. The lowest BCUT2D eigenvalue weighted by Gasteiger charge is -2.08. The zero-order valence-electron chi connectivity index (χ0n) is 7.00. The summed E-state index contributed by atoms with van der Waals surface area (Å²) in [7, 11) is -3.29. The van der Waals surface area contributed by atoms with E-state index in [2.05, 4.69) is 5.32 Å². The van der Waals surface area contributed by atoms with Crippen molar-refractivity contribution < 1.29 is 13.2 Å². The highest BCUT2D eigenvalue weighted by Crippen LogP contribution is 1.96. The molecule has 0 radical (unpaired) electrons. The van der Waals surface area contributed by atoms with Gasteiger partial charge in [0.2, 0.25) is 5.91 Å². The maximum Gasteiger partial charge on any atom is 0.238 e. The van der Waals surface area contributed by atoms with Gasteiger partial charge in [0.25, 0.3) is 0 Å². The smallest absolute Gasteiger partial charge is 0.238 e. The minimum absolute atomic E-state index is 0.280. The molecule has 1 amide bonds. The van der Waals surface area contributed by atoms with Gasteiger partial charge >= 0.3 is 0 Å². The zero-order valence-corrected chi connectivity index (χ0v) is 8.57. The van der Waals surface area contributed by atoms with Gasteiger partial charge in [-0.1, -0.05) is 0 Å². The SMILES string of the molecule is CC(C(=O)NCCCl)S(C)(=O)=O. The maximum absolute atomic E-state index is 11.0. The first kappa shape index (κ1) is 11.7. The van der Waals surface area contributed by atoms with E-state index in [1.165, 1.54) is 6.92 Å². The summed E-state index contributed by atoms with van der Waals surface area (Å²) in [6.45, 7) is 1.64. The molecule has 0 aliphatic heterocycles. The van der Waals surface area contributed by atoms with Gasteiger partial charge in [-0.05, 0) is 6.92 Å². The summed E-state index contributed by atoms with van der Waals surface area (Å²) in [6, 6.07) is 0. The summed E-state index contributed by atoms with van der Waals surface area (Å²) >= 11 is 5.30. The van der Waals surface area contributed by atoms with Crippen molar-refractivity contribution in [2.45, 2.75) is 12.2 Å². The molecule has 0 aromatic carbocycles. The molecule has 1 unspecified atom stereocenters. The molecular formula is C6H12ClNO3S. The highest BCUT2D eigenvalue weighted by molar-refractivity contribution is 7.92. The van der Waals surface area contributed by atoms with Crippen LogP contribution in [0.5, 0.6) is 0 Å². The second-order valence-electron chi connectivity index (χ2n) is 2.45. The van der Waals surface area contributed by atoms with Crippen LogP contribution < -0.4 is 5.32 Å². The molecule has 72 valence electrons. The van der Waals surface area contributed by atoms with Crippen molar-refractivity contribution in [1.82, 2.24) is 5.32 Å². The minimum Gasteiger partial charge on any atom is -0.354 e. The molecular weight excluding hydrogens is 202 g/mol. The molecule has 4 nitrogen and oxygen atoms in total. The predicted octanol–water partition coefficient (Wildman–Crippen LogP) is -0.226. The number of sulfone groups is 1. The molecule has 0 aliphatic rings. The van der Waals surface area contributed by atoms with Crippen molar-refractivity contribution in [3.8, 4) is 0 Å². The highest BCUT2D eigenvalue weighted by atomic mass is 35.5. The van der Waals surface area contributed by atoms with E-state index in [0.29, 0.717) is 6.54 Å². The van der Waals surface area contributed by atoms with Gasteiger partial charge in [0.15, 0.2) is 9.84 Å². The van der Waals surface area contributed by atoms with E-state index in [1.54, 1.807) is 0 Å². The maximum atomic E-state index is 11.0. The van der Waals surface area contributed by atoms with Crippen molar-refractivity contribution in [2.24, 2.45) is 0 Å². The Morgan fingerprint density at radius 1 is 1.58 bits per heavy atom. The van der Waals surface area contributed by atoms with Gasteiger partial charge in [-0.3, -0.25) is 4.79 Å². The largest absolute Gasteiger partial charge is 0.354 e. The number of alkyl halides is 1. The number of rotatable bonds is 4. The van der Waals surface area contributed by atoms with Crippen LogP contribution in [-0.4, -0.2) is 38.3 Å². The average molecular weight is 214 g/mol. The van der Waals surface area contributed by atoms with Gasteiger partial charge in [0.1, 0.15) is 5.25 Å². The molecule has 0 spiro atoms. The number of amides is 1. The number of nitrogens with one attached hydrogen (secondary N) is 1. The molecule has 1 N–H and O–H groups in total. The fraction of sp³-hybridized carbons (Fsp3) is 0.833. The minimum atomic E-state index is -3.29. The summed E-state index contributed by atoms with van der Waals surface area (Å²) in [5.41, 5.74) is 0. The van der Waals surface area contributed by atoms with Crippen molar-refractivity contribution in [2.75, 3.05) is 18.7 Å². The van der Waals surface area contributed by atoms with E-state index >= 15 is 0 Å². The lowest BCUT2D eigenvalue weighted by molar-refractivity contribution is -0.120. The Kier molecular flexibility index (Phi) is 4.55. The Morgan fingerprint density at radius 2 is 2.08 bits per heavy atom. The molecule has 0 saturated carbocycles. The van der Waals surface area contributed by atoms with Crippen LogP contribution in [0.25, 0.3) is 0 Å². The quantitative estimate of drug-likeness (QED) is 0.657. The number of hydrogen-bond acceptors (Lipinski definition) is 3. The van der Waals surface area contributed by atoms with Gasteiger partial charge in [-0.25, -0.2) is 8.42 Å². The van der Waals surface area contributed by atoms with Crippen LogP contribution in [0.2, 0.25) is 0 Å². The molecule has 0 rings (SSSR count). The number of carbonyl (C=O) groups excluding carboxylic acids is 1. The molecule has 6 heteroatoms. The predicted molar refractivity (Wildman–Crippen MR) is 48.0 cm³/mol. The van der Waals surface area contributed by atoms with Crippen LogP contribution in [0.15, 0.2) is 0 Å². The van der Waals surface area contributed by atoms with Crippen molar-refractivity contribution in [1.29, 1.82) is 0 Å². The van der Waals surface area contributed by atoms with E-state index in [4.69, 9.17) is 11.6 Å². The average Bonchev–Trinajstić information content (AvgIpc) is 1.97. The topological polar surface area (TPSA) is 63.2 Å². The Morgan fingerprint density at radius 3 is 2.42 bits per heavy atom. The van der Waals surface area contributed by atoms with Gasteiger partial charge in [-0.2, -0.15) is 0 Å². The van der Waals surface area contributed by atoms with E-state index in [-0.39, 0.29) is 5.88 Å². The van der Waals surface area contributed by atoms with Crippen LogP contribution in [0, 0.1) is 0 Å². The molecule has 0 aliphatic carbocycles. The van der Waals surface area contributed by atoms with Crippen molar-refractivity contribution in [3.05, 3.63) is 0 Å². The van der Waals surface area contributed by atoms with Crippen LogP contribution in [0.1, 0.15) is 6.92 Å². The molecule has 0 aromatic rings. The summed E-state index contributed by atoms with van der Waals surface area (Å²) < 4.78 is 21.7. The molecule has 0 aromatic heterocycles. The van der Waals surface area contributed by atoms with E-state index < -0.39 is 21.0 Å². The second-order valence-corrected chi connectivity index (χ2v) is 5.20. The summed E-state index contributed by atoms with van der Waals surface area (Å²) in [6.07, 6.45) is 1.03. The molecule has 0 heterocycles. The zero-order chi connectivity index (χ0) is 9.78. The molecule has 0 bridgehead atoms. The van der Waals surface area contributed by atoms with E-state index in [0.717, 1.165) is 6.26 Å². The third kappa shape index (κ3) is 3.92. The lowest BCUT2D eigenvalue weighted by Crippen LogP contribution is -2.38. The first-order valence-corrected chi connectivity index (χ1v) is 5.91. The Labute approximate surface area is 77.2 Å². The van der Waals surface area contributed by atoms with Gasteiger partial charge in [0, 0.05) is 18.7 Å². The summed E-state index contributed by atoms with van der Waals surface area (Å²) in [5, 5.41) is 1.39. The number of carbonyl (C=O) groups is 1. The Bertz CT molecular complexity index is 250. The third-order valence-electron chi connectivity index (χ3n) is 1.41. The monoisotopic (exact) mass is 213 g/mol. The molecule has 0 saturated heterocycles. The van der Waals surface area contributed by atoms with Gasteiger partial charge in [0.05, 0.1) is 0 Å². The first-order chi connectivity index (χ1) is 5.39. The van der Waals surface area contributed by atoms with Crippen LogP contribution in [0.4, 0.5) is 0 Å². The Hall–Kier alpha value is -0.290. The molecule has 1 atom stereocenters. The Balaban J connectivity index is 4.12. The molecule has 12 heavy (non-hydrogen) atoms. The fourth-order valence-corrected chi connectivity index (χ4v) is 1.08. The van der Waals surface area contributed by atoms with Gasteiger partial charge in [-0.15, -0.1) is 11.6 Å². The summed E-state index contributed by atoms with van der Waals surface area (Å²) in [5.74, 6) is -0.222. The number of hydrogen-bond donors (Lipinski definition) is 1. The van der Waals surface area contributed by atoms with Crippen LogP contribution in [-0.2, 0) is 14.6 Å². The van der Waals surface area contributed by atoms with Crippen LogP contribution in [0.3, 0.4) is 0 Å². The fourth-order valence-electron chi connectivity index (χ4n) is 0.509. The standard InChI is InChI=1S/C6H12ClNO3S/c1-5(12(2,10)11)6(9)8-4-3-7/h5H,3-4H2,1-2H3,(H,8,9). The van der Waals surface area contributed by atoms with Crippen molar-refractivity contribution in [3.63, 3.8) is 0 Å². The highest BCUT2D eigenvalue weighted by Gasteiger charge is 2.22. The number of halogens is 1. The first-order valence-electron chi connectivity index (χ1n) is 3.42. The van der Waals surface area contributed by atoms with Crippen LogP contribution >= 0.6 is 11.6 Å².